The summed E-state index contributed by atoms with van der Waals surface area (Å²) >= 11 is 0. The lowest BCUT2D eigenvalue weighted by Crippen LogP contribution is -2.37. The molecule has 0 aliphatic carbocycles. The van der Waals surface area contributed by atoms with E-state index in [1.54, 1.807) is 7.11 Å². The van der Waals surface area contributed by atoms with Crippen molar-refractivity contribution in [3.8, 4) is 5.75 Å². The van der Waals surface area contributed by atoms with Crippen LogP contribution in [0, 0.1) is 0 Å². The van der Waals surface area contributed by atoms with Gasteiger partial charge in [-0.1, -0.05) is 18.2 Å². The maximum Gasteiger partial charge on any atom is 0.123 e. The number of nitrogens with zero attached hydrogens (tertiary/aromatic N) is 1. The molecule has 2 rings (SSSR count). The molecule has 2 N–H and O–H groups in total. The topological polar surface area (TPSA) is 44.7 Å². The van der Waals surface area contributed by atoms with Crippen molar-refractivity contribution in [2.45, 2.75) is 31.9 Å². The zero-order chi connectivity index (χ0) is 14.4. The molecule has 1 aromatic carbocycles. The van der Waals surface area contributed by atoms with Crippen molar-refractivity contribution in [3.63, 3.8) is 0 Å². The molecular weight excluding hydrogens is 252 g/mol. The maximum atomic E-state index is 10.1. The third-order valence-electron chi connectivity index (χ3n) is 3.93. The zero-order valence-electron chi connectivity index (χ0n) is 12.5. The lowest BCUT2D eigenvalue weighted by molar-refractivity contribution is 0.121. The number of methoxy groups -OCH3 is 1. The van der Waals surface area contributed by atoms with Crippen molar-refractivity contribution < 1.29 is 9.84 Å². The van der Waals surface area contributed by atoms with Crippen molar-refractivity contribution in [1.82, 2.24) is 10.2 Å². The van der Waals surface area contributed by atoms with Crippen molar-refractivity contribution in [3.05, 3.63) is 29.8 Å². The van der Waals surface area contributed by atoms with Crippen molar-refractivity contribution in [1.29, 1.82) is 0 Å². The van der Waals surface area contributed by atoms with Crippen molar-refractivity contribution >= 4 is 0 Å². The van der Waals surface area contributed by atoms with E-state index in [2.05, 4.69) is 23.2 Å². The Bertz CT molecular complexity index is 405. The highest BCUT2D eigenvalue weighted by molar-refractivity contribution is 5.35. The predicted molar refractivity (Wildman–Crippen MR) is 81.1 cm³/mol. The monoisotopic (exact) mass is 278 g/mol. The Labute approximate surface area is 121 Å². The van der Waals surface area contributed by atoms with Crippen LogP contribution in [-0.4, -0.2) is 49.4 Å². The van der Waals surface area contributed by atoms with Crippen LogP contribution in [0.4, 0.5) is 0 Å². The number of rotatable bonds is 7. The lowest BCUT2D eigenvalue weighted by Gasteiger charge is -2.22. The van der Waals surface area contributed by atoms with E-state index >= 15 is 0 Å². The van der Waals surface area contributed by atoms with Gasteiger partial charge in [0.2, 0.25) is 0 Å². The van der Waals surface area contributed by atoms with Gasteiger partial charge in [-0.3, -0.25) is 0 Å². The molecule has 0 radical (unpaired) electrons. The molecule has 1 aromatic rings. The average molecular weight is 278 g/mol. The largest absolute Gasteiger partial charge is 0.496 e. The van der Waals surface area contributed by atoms with Gasteiger partial charge in [0.15, 0.2) is 0 Å². The first-order chi connectivity index (χ1) is 9.70. The summed E-state index contributed by atoms with van der Waals surface area (Å²) in [7, 11) is 1.69. The summed E-state index contributed by atoms with van der Waals surface area (Å²) in [5.41, 5.74) is 1.13. The Morgan fingerprint density at radius 3 is 2.70 bits per heavy atom. The standard InChI is InChI=1S/C16H26N2O2/c1-13(15-7-3-4-8-16(15)20-2)17-11-14(19)12-18-9-5-6-10-18/h3-4,7-8,13-14,17,19H,5-6,9-12H2,1-2H3/t13-,14?/m1/s1. The van der Waals surface area contributed by atoms with Crippen LogP contribution in [0.3, 0.4) is 0 Å². The van der Waals surface area contributed by atoms with E-state index in [-0.39, 0.29) is 12.1 Å². The third-order valence-corrected chi connectivity index (χ3v) is 3.93. The SMILES string of the molecule is COc1ccccc1[C@@H](C)NCC(O)CN1CCCC1. The van der Waals surface area contributed by atoms with Gasteiger partial charge in [-0.25, -0.2) is 0 Å². The number of aliphatic hydroxyl groups is 1. The van der Waals surface area contributed by atoms with Crippen LogP contribution >= 0.6 is 0 Å². The summed E-state index contributed by atoms with van der Waals surface area (Å²) in [5, 5.41) is 13.5. The highest BCUT2D eigenvalue weighted by atomic mass is 16.5. The zero-order valence-corrected chi connectivity index (χ0v) is 12.5. The Hall–Kier alpha value is -1.10. The van der Waals surface area contributed by atoms with Crippen LogP contribution in [0.2, 0.25) is 0 Å². The summed E-state index contributed by atoms with van der Waals surface area (Å²) in [5.74, 6) is 0.890. The minimum absolute atomic E-state index is 0.166. The number of hydrogen-bond donors (Lipinski definition) is 2. The molecule has 0 aromatic heterocycles. The molecule has 112 valence electrons. The summed E-state index contributed by atoms with van der Waals surface area (Å²) in [6, 6.07) is 8.17. The minimum Gasteiger partial charge on any atom is -0.496 e. The summed E-state index contributed by atoms with van der Waals surface area (Å²) in [4.78, 5) is 2.33. The summed E-state index contributed by atoms with van der Waals surface area (Å²) < 4.78 is 5.37. The fourth-order valence-corrected chi connectivity index (χ4v) is 2.77. The molecule has 0 bridgehead atoms. The molecule has 1 unspecified atom stereocenters. The van der Waals surface area contributed by atoms with Crippen LogP contribution in [0.5, 0.6) is 5.75 Å². The van der Waals surface area contributed by atoms with E-state index in [4.69, 9.17) is 4.74 Å². The quantitative estimate of drug-likeness (QED) is 0.798. The van der Waals surface area contributed by atoms with Crippen molar-refractivity contribution in [2.24, 2.45) is 0 Å². The first-order valence-electron chi connectivity index (χ1n) is 7.47. The van der Waals surface area contributed by atoms with E-state index in [1.165, 1.54) is 12.8 Å². The number of β-amino-alcohol motifs (C(OH)–C–C–N with tert-alkyl or cyclic N) is 1. The second kappa shape index (κ2) is 7.62. The van der Waals surface area contributed by atoms with Crippen LogP contribution in [0.15, 0.2) is 24.3 Å². The Morgan fingerprint density at radius 2 is 2.00 bits per heavy atom. The molecular formula is C16H26N2O2. The second-order valence-electron chi connectivity index (χ2n) is 5.53. The van der Waals surface area contributed by atoms with Gasteiger partial charge in [-0.15, -0.1) is 0 Å². The van der Waals surface area contributed by atoms with Gasteiger partial charge in [-0.2, -0.15) is 0 Å². The number of aliphatic hydroxyl groups excluding tert-OH is 1. The molecule has 1 heterocycles. The number of ether oxygens (including phenoxy) is 1. The van der Waals surface area contributed by atoms with Gasteiger partial charge >= 0.3 is 0 Å². The number of hydrogen-bond acceptors (Lipinski definition) is 4. The molecule has 4 heteroatoms. The molecule has 2 atom stereocenters. The van der Waals surface area contributed by atoms with Gasteiger partial charge in [-0.05, 0) is 38.9 Å². The molecule has 20 heavy (non-hydrogen) atoms. The second-order valence-corrected chi connectivity index (χ2v) is 5.53. The molecule has 1 aliphatic rings. The normalized spacial score (nSPS) is 18.9. The molecule has 0 amide bonds. The van der Waals surface area contributed by atoms with E-state index in [0.717, 1.165) is 30.9 Å². The number of para-hydroxylation sites is 1. The highest BCUT2D eigenvalue weighted by Crippen LogP contribution is 2.24. The minimum atomic E-state index is -0.315. The number of likely N-dealkylation sites (tertiary alicyclic amines) is 1. The maximum absolute atomic E-state index is 10.1. The smallest absolute Gasteiger partial charge is 0.123 e. The molecule has 4 nitrogen and oxygen atoms in total. The molecule has 1 fully saturated rings. The number of benzene rings is 1. The van der Waals surface area contributed by atoms with E-state index in [1.807, 2.05) is 18.2 Å². The van der Waals surface area contributed by atoms with E-state index in [0.29, 0.717) is 6.54 Å². The van der Waals surface area contributed by atoms with Gasteiger partial charge < -0.3 is 20.1 Å². The molecule has 0 saturated carbocycles. The fraction of sp³-hybridized carbons (Fsp3) is 0.625. The summed E-state index contributed by atoms with van der Waals surface area (Å²) in [6.45, 7) is 5.72. The Morgan fingerprint density at radius 1 is 1.30 bits per heavy atom. The number of nitrogens with one attached hydrogen (secondary N) is 1. The van der Waals surface area contributed by atoms with Gasteiger partial charge in [0.25, 0.3) is 0 Å². The van der Waals surface area contributed by atoms with E-state index < -0.39 is 0 Å². The van der Waals surface area contributed by atoms with E-state index in [9.17, 15) is 5.11 Å². The average Bonchev–Trinajstić information content (AvgIpc) is 2.97. The van der Waals surface area contributed by atoms with Gasteiger partial charge in [0.1, 0.15) is 5.75 Å². The van der Waals surface area contributed by atoms with Crippen LogP contribution in [0.25, 0.3) is 0 Å². The van der Waals surface area contributed by atoms with Gasteiger partial charge in [0.05, 0.1) is 13.2 Å². The molecule has 1 saturated heterocycles. The van der Waals surface area contributed by atoms with Crippen LogP contribution in [0.1, 0.15) is 31.4 Å². The third kappa shape index (κ3) is 4.20. The Balaban J connectivity index is 1.80. The predicted octanol–water partition coefficient (Wildman–Crippen LogP) is 1.80. The first-order valence-corrected chi connectivity index (χ1v) is 7.47. The highest BCUT2D eigenvalue weighted by Gasteiger charge is 2.17. The summed E-state index contributed by atoms with van der Waals surface area (Å²) in [6.07, 6.45) is 2.21. The first kappa shape index (κ1) is 15.3. The van der Waals surface area contributed by atoms with Crippen LogP contribution in [-0.2, 0) is 0 Å². The van der Waals surface area contributed by atoms with Crippen LogP contribution < -0.4 is 10.1 Å². The lowest BCUT2D eigenvalue weighted by atomic mass is 10.1. The molecule has 1 aliphatic heterocycles. The molecule has 0 spiro atoms. The van der Waals surface area contributed by atoms with Crippen molar-refractivity contribution in [2.75, 3.05) is 33.3 Å². The Kier molecular flexibility index (Phi) is 5.83. The fourth-order valence-electron chi connectivity index (χ4n) is 2.77. The van der Waals surface area contributed by atoms with Gasteiger partial charge in [0, 0.05) is 24.7 Å².